The summed E-state index contributed by atoms with van der Waals surface area (Å²) in [5, 5.41) is 7.35. The summed E-state index contributed by atoms with van der Waals surface area (Å²) in [5.74, 6) is 1.57. The molecule has 1 amide bonds. The van der Waals surface area contributed by atoms with Gasteiger partial charge < -0.3 is 19.8 Å². The number of benzene rings is 1. The van der Waals surface area contributed by atoms with Crippen LogP contribution in [0.2, 0.25) is 0 Å². The first-order valence-electron chi connectivity index (χ1n) is 10.6. The zero-order valence-electron chi connectivity index (χ0n) is 18.0. The van der Waals surface area contributed by atoms with Crippen molar-refractivity contribution >= 4 is 28.1 Å². The van der Waals surface area contributed by atoms with Crippen LogP contribution in [0.5, 0.6) is 5.75 Å². The van der Waals surface area contributed by atoms with Crippen LogP contribution >= 0.6 is 11.3 Å². The zero-order chi connectivity index (χ0) is 22.3. The smallest absolute Gasteiger partial charge is 0.291 e. The van der Waals surface area contributed by atoms with Gasteiger partial charge in [0.2, 0.25) is 0 Å². The Kier molecular flexibility index (Phi) is 6.87. The fourth-order valence-corrected chi connectivity index (χ4v) is 4.41. The molecule has 4 aromatic rings. The maximum atomic E-state index is 12.7. The summed E-state index contributed by atoms with van der Waals surface area (Å²) >= 11 is 1.57. The molecule has 1 aromatic carbocycles. The monoisotopic (exact) mass is 447 g/mol. The summed E-state index contributed by atoms with van der Waals surface area (Å²) in [7, 11) is 0. The molecule has 0 aliphatic carbocycles. The molecule has 0 saturated heterocycles. The fraction of sp³-hybridized carbons (Fsp3) is 0.200. The van der Waals surface area contributed by atoms with Crippen LogP contribution in [0.25, 0.3) is 0 Å². The van der Waals surface area contributed by atoms with Crippen LogP contribution < -0.4 is 15.4 Å². The lowest BCUT2D eigenvalue weighted by atomic mass is 9.99. The number of carbonyl (C=O) groups excluding carboxylic acids is 1. The third-order valence-corrected chi connectivity index (χ3v) is 6.14. The molecule has 0 radical (unpaired) electrons. The lowest BCUT2D eigenvalue weighted by Crippen LogP contribution is -2.16. The van der Waals surface area contributed by atoms with Gasteiger partial charge in [-0.05, 0) is 61.4 Å². The largest absolute Gasteiger partial charge is 0.494 e. The van der Waals surface area contributed by atoms with Crippen LogP contribution in [-0.4, -0.2) is 17.5 Å². The van der Waals surface area contributed by atoms with Crippen molar-refractivity contribution in [1.29, 1.82) is 0 Å². The molecule has 0 bridgehead atoms. The predicted molar refractivity (Wildman–Crippen MR) is 128 cm³/mol. The number of amides is 1. The van der Waals surface area contributed by atoms with Crippen LogP contribution in [0, 0.1) is 0 Å². The first-order valence-corrected chi connectivity index (χ1v) is 11.4. The lowest BCUT2D eigenvalue weighted by molar-refractivity contribution is 0.0997. The van der Waals surface area contributed by atoms with E-state index in [1.807, 2.05) is 49.4 Å². The Morgan fingerprint density at radius 3 is 2.62 bits per heavy atom. The Hall–Kier alpha value is -3.58. The summed E-state index contributed by atoms with van der Waals surface area (Å²) in [5.41, 5.74) is 2.01. The number of pyridine rings is 1. The van der Waals surface area contributed by atoms with Crippen molar-refractivity contribution < 1.29 is 13.9 Å². The van der Waals surface area contributed by atoms with Crippen LogP contribution in [0.15, 0.2) is 77.5 Å². The van der Waals surface area contributed by atoms with Crippen molar-refractivity contribution in [3.05, 3.63) is 94.9 Å². The zero-order valence-corrected chi connectivity index (χ0v) is 18.8. The standard InChI is InChI=1S/C25H25N3O3S/c1-3-19-16-20(25(32-19)28-24(29)21-8-7-15-31-21)23(27-22-9-5-6-14-26-22)17-10-12-18(13-11-17)30-4-2/h5-16,23H,3-4H2,1-2H3,(H,26,27)(H,28,29)/t23-/m1/s1. The second-order valence-corrected chi connectivity index (χ2v) is 8.21. The van der Waals surface area contributed by atoms with Gasteiger partial charge in [0.1, 0.15) is 16.6 Å². The maximum Gasteiger partial charge on any atom is 0.291 e. The molecule has 164 valence electrons. The van der Waals surface area contributed by atoms with Crippen molar-refractivity contribution in [3.8, 4) is 5.75 Å². The molecular formula is C25H25N3O3S. The van der Waals surface area contributed by atoms with Gasteiger partial charge in [-0.3, -0.25) is 4.79 Å². The quantitative estimate of drug-likeness (QED) is 0.322. The minimum Gasteiger partial charge on any atom is -0.494 e. The Bertz CT molecular complexity index is 1140. The third kappa shape index (κ3) is 5.00. The molecule has 0 spiro atoms. The van der Waals surface area contributed by atoms with Crippen molar-refractivity contribution in [1.82, 2.24) is 4.98 Å². The number of hydrogen-bond donors (Lipinski definition) is 2. The summed E-state index contributed by atoms with van der Waals surface area (Å²) in [4.78, 5) is 18.3. The molecule has 32 heavy (non-hydrogen) atoms. The van der Waals surface area contributed by atoms with E-state index in [1.165, 1.54) is 11.1 Å². The van der Waals surface area contributed by atoms with E-state index in [1.54, 1.807) is 29.7 Å². The number of ether oxygens (including phenoxy) is 1. The summed E-state index contributed by atoms with van der Waals surface area (Å²) in [6.07, 6.45) is 4.11. The van der Waals surface area contributed by atoms with Gasteiger partial charge in [0.05, 0.1) is 18.9 Å². The van der Waals surface area contributed by atoms with Gasteiger partial charge in [0.15, 0.2) is 5.76 Å². The highest BCUT2D eigenvalue weighted by atomic mass is 32.1. The number of anilines is 2. The number of furan rings is 1. The minimum absolute atomic E-state index is 0.218. The molecule has 0 fully saturated rings. The predicted octanol–water partition coefficient (Wildman–Crippen LogP) is 6.15. The van der Waals surface area contributed by atoms with E-state index >= 15 is 0 Å². The average Bonchev–Trinajstić information content (AvgIpc) is 3.49. The Labute approximate surface area is 191 Å². The molecule has 1 atom stereocenters. The van der Waals surface area contributed by atoms with E-state index in [0.29, 0.717) is 6.61 Å². The minimum atomic E-state index is -0.274. The lowest BCUT2D eigenvalue weighted by Gasteiger charge is -2.21. The number of aryl methyl sites for hydroxylation is 1. The Morgan fingerprint density at radius 2 is 1.97 bits per heavy atom. The summed E-state index contributed by atoms with van der Waals surface area (Å²) in [6.45, 7) is 4.68. The molecule has 7 heteroatoms. The third-order valence-electron chi connectivity index (χ3n) is 4.92. The van der Waals surface area contributed by atoms with E-state index in [4.69, 9.17) is 9.15 Å². The van der Waals surface area contributed by atoms with Crippen molar-refractivity contribution in [3.63, 3.8) is 0 Å². The van der Waals surface area contributed by atoms with Crippen molar-refractivity contribution in [2.24, 2.45) is 0 Å². The molecule has 0 aliphatic heterocycles. The highest BCUT2D eigenvalue weighted by Crippen LogP contribution is 2.38. The molecule has 0 saturated carbocycles. The number of carbonyl (C=O) groups is 1. The SMILES string of the molecule is CCOc1ccc([C@@H](Nc2ccccn2)c2cc(CC)sc2NC(=O)c2ccco2)cc1. The molecule has 0 unspecified atom stereocenters. The van der Waals surface area contributed by atoms with Crippen molar-refractivity contribution in [2.75, 3.05) is 17.2 Å². The molecule has 0 aliphatic rings. The number of aromatic nitrogens is 1. The van der Waals surface area contributed by atoms with Gasteiger partial charge in [-0.2, -0.15) is 0 Å². The second-order valence-electron chi connectivity index (χ2n) is 7.08. The van der Waals surface area contributed by atoms with E-state index in [9.17, 15) is 4.79 Å². The first-order chi connectivity index (χ1) is 15.7. The fourth-order valence-electron chi connectivity index (χ4n) is 3.38. The number of nitrogens with one attached hydrogen (secondary N) is 2. The van der Waals surface area contributed by atoms with Gasteiger partial charge in [0, 0.05) is 16.6 Å². The molecule has 3 aromatic heterocycles. The summed E-state index contributed by atoms with van der Waals surface area (Å²) < 4.78 is 10.9. The average molecular weight is 448 g/mol. The van der Waals surface area contributed by atoms with E-state index in [-0.39, 0.29) is 17.7 Å². The number of nitrogens with zero attached hydrogens (tertiary/aromatic N) is 1. The summed E-state index contributed by atoms with van der Waals surface area (Å²) in [6, 6.07) is 19.0. The molecular weight excluding hydrogens is 422 g/mol. The topological polar surface area (TPSA) is 76.4 Å². The highest BCUT2D eigenvalue weighted by Gasteiger charge is 2.23. The molecule has 3 heterocycles. The number of thiophene rings is 1. The van der Waals surface area contributed by atoms with Gasteiger partial charge >= 0.3 is 0 Å². The van der Waals surface area contributed by atoms with Gasteiger partial charge in [-0.15, -0.1) is 11.3 Å². The first kappa shape index (κ1) is 21.6. The number of rotatable bonds is 9. The van der Waals surface area contributed by atoms with E-state index in [0.717, 1.165) is 34.1 Å². The Balaban J connectivity index is 1.72. The van der Waals surface area contributed by atoms with Crippen LogP contribution in [-0.2, 0) is 6.42 Å². The second kappa shape index (κ2) is 10.2. The molecule has 4 rings (SSSR count). The van der Waals surface area contributed by atoms with Crippen LogP contribution in [0.4, 0.5) is 10.8 Å². The molecule has 6 nitrogen and oxygen atoms in total. The number of hydrogen-bond acceptors (Lipinski definition) is 6. The van der Waals surface area contributed by atoms with Gasteiger partial charge in [-0.1, -0.05) is 25.1 Å². The van der Waals surface area contributed by atoms with Crippen LogP contribution in [0.1, 0.15) is 46.4 Å². The Morgan fingerprint density at radius 1 is 1.12 bits per heavy atom. The maximum absolute atomic E-state index is 12.7. The van der Waals surface area contributed by atoms with Crippen molar-refractivity contribution in [2.45, 2.75) is 26.3 Å². The van der Waals surface area contributed by atoms with Crippen LogP contribution in [0.3, 0.4) is 0 Å². The van der Waals surface area contributed by atoms with E-state index in [2.05, 4.69) is 28.6 Å². The van der Waals surface area contributed by atoms with Gasteiger partial charge in [0.25, 0.3) is 5.91 Å². The molecule has 2 N–H and O–H groups in total. The highest BCUT2D eigenvalue weighted by molar-refractivity contribution is 7.16. The normalized spacial score (nSPS) is 11.7. The van der Waals surface area contributed by atoms with E-state index < -0.39 is 0 Å². The van der Waals surface area contributed by atoms with Gasteiger partial charge in [-0.25, -0.2) is 4.98 Å².